The second kappa shape index (κ2) is 3.75. The van der Waals surface area contributed by atoms with Crippen LogP contribution in [0.2, 0.25) is 0 Å². The van der Waals surface area contributed by atoms with Gasteiger partial charge in [0.2, 0.25) is 5.82 Å². The molecule has 0 radical (unpaired) electrons. The van der Waals surface area contributed by atoms with E-state index in [0.29, 0.717) is 0 Å². The fourth-order valence-corrected chi connectivity index (χ4v) is 1.19. The summed E-state index contributed by atoms with van der Waals surface area (Å²) in [6.07, 6.45) is -10.3. The summed E-state index contributed by atoms with van der Waals surface area (Å²) in [6.45, 7) is 0. The Bertz CT molecular complexity index is 462. The lowest BCUT2D eigenvalue weighted by molar-refractivity contribution is -0.153. The van der Waals surface area contributed by atoms with Crippen LogP contribution in [-0.2, 0) is 12.4 Å². The van der Waals surface area contributed by atoms with Gasteiger partial charge in [0.1, 0.15) is 4.47 Å². The second-order valence-electron chi connectivity index (χ2n) is 2.57. The number of rotatable bonds is 0. The highest BCUT2D eigenvalue weighted by Gasteiger charge is 2.41. The molecule has 0 aromatic carbocycles. The molecule has 0 amide bonds. The standard InChI is InChI=1S/C6HBrF6N2O/c7-1-2(5(8,9)10)14-4(6(11,12)13)15-3(1)16/h(H,14,15,16). The van der Waals surface area contributed by atoms with Crippen LogP contribution in [0, 0.1) is 0 Å². The maximum Gasteiger partial charge on any atom is 0.449 e. The third kappa shape index (κ3) is 2.54. The molecule has 0 saturated carbocycles. The van der Waals surface area contributed by atoms with Gasteiger partial charge in [0.05, 0.1) is 0 Å². The molecule has 1 rings (SSSR count). The van der Waals surface area contributed by atoms with Gasteiger partial charge in [0.25, 0.3) is 5.56 Å². The van der Waals surface area contributed by atoms with Crippen molar-refractivity contribution in [3.8, 4) is 0 Å². The molecule has 0 aliphatic carbocycles. The second-order valence-corrected chi connectivity index (χ2v) is 3.37. The minimum atomic E-state index is -5.15. The highest BCUT2D eigenvalue weighted by atomic mass is 79.9. The fourth-order valence-electron chi connectivity index (χ4n) is 0.781. The largest absolute Gasteiger partial charge is 0.449 e. The molecule has 0 saturated heterocycles. The number of H-pyrrole nitrogens is 1. The molecule has 0 bridgehead atoms. The molecular weight excluding hydrogens is 310 g/mol. The molecule has 0 spiro atoms. The van der Waals surface area contributed by atoms with Gasteiger partial charge in [-0.3, -0.25) is 4.79 Å². The zero-order chi connectivity index (χ0) is 12.7. The van der Waals surface area contributed by atoms with E-state index >= 15 is 0 Å². The van der Waals surface area contributed by atoms with Crippen molar-refractivity contribution >= 4 is 15.9 Å². The van der Waals surface area contributed by atoms with E-state index < -0.39 is 33.9 Å². The molecule has 16 heavy (non-hydrogen) atoms. The normalized spacial score (nSPS) is 12.9. The third-order valence-electron chi connectivity index (χ3n) is 1.40. The van der Waals surface area contributed by atoms with Crippen LogP contribution in [0.1, 0.15) is 11.5 Å². The van der Waals surface area contributed by atoms with Crippen LogP contribution in [0.4, 0.5) is 26.3 Å². The minimum Gasteiger partial charge on any atom is -0.302 e. The molecular formula is C6HBrF6N2O. The van der Waals surface area contributed by atoms with Crippen molar-refractivity contribution in [1.29, 1.82) is 0 Å². The summed E-state index contributed by atoms with van der Waals surface area (Å²) in [4.78, 5) is 14.3. The van der Waals surface area contributed by atoms with E-state index in [0.717, 1.165) is 0 Å². The molecule has 1 heterocycles. The van der Waals surface area contributed by atoms with E-state index in [1.807, 2.05) is 0 Å². The van der Waals surface area contributed by atoms with Gasteiger partial charge < -0.3 is 4.98 Å². The summed E-state index contributed by atoms with van der Waals surface area (Å²) in [7, 11) is 0. The van der Waals surface area contributed by atoms with Crippen molar-refractivity contribution in [3.05, 3.63) is 26.3 Å². The Hall–Kier alpha value is -1.06. The van der Waals surface area contributed by atoms with Crippen LogP contribution in [0.5, 0.6) is 0 Å². The van der Waals surface area contributed by atoms with Gasteiger partial charge in [-0.15, -0.1) is 0 Å². The molecule has 1 aromatic rings. The van der Waals surface area contributed by atoms with E-state index in [9.17, 15) is 31.1 Å². The molecule has 10 heteroatoms. The quantitative estimate of drug-likeness (QED) is 0.749. The number of aromatic amines is 1. The molecule has 1 aromatic heterocycles. The fraction of sp³-hybridized carbons (Fsp3) is 0.333. The average Bonchev–Trinajstić information content (AvgIpc) is 2.05. The molecule has 0 aliphatic rings. The maximum atomic E-state index is 12.2. The van der Waals surface area contributed by atoms with Crippen molar-refractivity contribution in [2.75, 3.05) is 0 Å². The van der Waals surface area contributed by atoms with Gasteiger partial charge in [0, 0.05) is 0 Å². The van der Waals surface area contributed by atoms with E-state index in [1.54, 1.807) is 0 Å². The summed E-state index contributed by atoms with van der Waals surface area (Å²) in [5.41, 5.74) is -3.46. The van der Waals surface area contributed by atoms with Crippen molar-refractivity contribution in [2.45, 2.75) is 12.4 Å². The lowest BCUT2D eigenvalue weighted by Crippen LogP contribution is -2.25. The average molecular weight is 311 g/mol. The summed E-state index contributed by atoms with van der Waals surface area (Å²) in [6, 6.07) is 0. The van der Waals surface area contributed by atoms with Crippen LogP contribution in [0.15, 0.2) is 9.27 Å². The highest BCUT2D eigenvalue weighted by molar-refractivity contribution is 9.10. The van der Waals surface area contributed by atoms with Crippen molar-refractivity contribution in [3.63, 3.8) is 0 Å². The predicted molar refractivity (Wildman–Crippen MR) is 42.6 cm³/mol. The summed E-state index contributed by atoms with van der Waals surface area (Å²) < 4.78 is 71.6. The van der Waals surface area contributed by atoms with E-state index in [4.69, 9.17) is 0 Å². The first kappa shape index (κ1) is 13.0. The van der Waals surface area contributed by atoms with Gasteiger partial charge in [-0.2, -0.15) is 26.3 Å². The lowest BCUT2D eigenvalue weighted by atomic mass is 10.4. The van der Waals surface area contributed by atoms with Crippen LogP contribution in [-0.4, -0.2) is 9.97 Å². The zero-order valence-corrected chi connectivity index (χ0v) is 8.59. The van der Waals surface area contributed by atoms with Gasteiger partial charge in [-0.1, -0.05) is 0 Å². The van der Waals surface area contributed by atoms with Crippen molar-refractivity contribution in [2.24, 2.45) is 0 Å². The van der Waals surface area contributed by atoms with Gasteiger partial charge >= 0.3 is 12.4 Å². The predicted octanol–water partition coefficient (Wildman–Crippen LogP) is 2.57. The minimum absolute atomic E-state index is 1.09. The van der Waals surface area contributed by atoms with Crippen molar-refractivity contribution < 1.29 is 26.3 Å². The first-order valence-electron chi connectivity index (χ1n) is 3.47. The number of nitrogens with zero attached hydrogens (tertiary/aromatic N) is 1. The Labute approximate surface area is 91.6 Å². The Morgan fingerprint density at radius 2 is 1.56 bits per heavy atom. The molecule has 3 nitrogen and oxygen atoms in total. The third-order valence-corrected chi connectivity index (χ3v) is 2.14. The molecule has 0 fully saturated rings. The lowest BCUT2D eigenvalue weighted by Gasteiger charge is -2.10. The summed E-state index contributed by atoms with van der Waals surface area (Å²) in [5.74, 6) is -1.99. The van der Waals surface area contributed by atoms with E-state index in [-0.39, 0.29) is 0 Å². The Kier molecular flexibility index (Phi) is 3.05. The number of alkyl halides is 6. The maximum absolute atomic E-state index is 12.2. The number of hydrogen-bond donors (Lipinski definition) is 1. The molecule has 0 unspecified atom stereocenters. The first-order chi connectivity index (χ1) is 7.03. The Morgan fingerprint density at radius 3 is 1.94 bits per heavy atom. The number of aromatic nitrogens is 2. The van der Waals surface area contributed by atoms with Crippen molar-refractivity contribution in [1.82, 2.24) is 9.97 Å². The zero-order valence-electron chi connectivity index (χ0n) is 7.00. The van der Waals surface area contributed by atoms with E-state index in [2.05, 4.69) is 20.9 Å². The van der Waals surface area contributed by atoms with Crippen LogP contribution < -0.4 is 5.56 Å². The Morgan fingerprint density at radius 1 is 1.06 bits per heavy atom. The molecule has 0 atom stereocenters. The van der Waals surface area contributed by atoms with Gasteiger partial charge in [-0.25, -0.2) is 4.98 Å². The topological polar surface area (TPSA) is 45.8 Å². The van der Waals surface area contributed by atoms with Gasteiger partial charge in [0.15, 0.2) is 5.69 Å². The molecule has 0 aliphatic heterocycles. The highest BCUT2D eigenvalue weighted by Crippen LogP contribution is 2.33. The molecule has 1 N–H and O–H groups in total. The summed E-state index contributed by atoms with van der Waals surface area (Å²) >= 11 is 2.22. The van der Waals surface area contributed by atoms with Crippen LogP contribution in [0.3, 0.4) is 0 Å². The van der Waals surface area contributed by atoms with Crippen LogP contribution in [0.25, 0.3) is 0 Å². The SMILES string of the molecule is O=c1[nH]c(C(F)(F)F)nc(C(F)(F)F)c1Br. The summed E-state index contributed by atoms with van der Waals surface area (Å²) in [5, 5.41) is 0. The first-order valence-corrected chi connectivity index (χ1v) is 4.27. The number of halogens is 7. The molecule has 90 valence electrons. The van der Waals surface area contributed by atoms with E-state index in [1.165, 1.54) is 4.98 Å². The Balaban J connectivity index is 3.53. The van der Waals surface area contributed by atoms with Crippen LogP contribution >= 0.6 is 15.9 Å². The van der Waals surface area contributed by atoms with Gasteiger partial charge in [-0.05, 0) is 15.9 Å². The number of nitrogens with one attached hydrogen (secondary N) is 1. The smallest absolute Gasteiger partial charge is 0.302 e. The number of hydrogen-bond acceptors (Lipinski definition) is 2. The monoisotopic (exact) mass is 310 g/mol.